The van der Waals surface area contributed by atoms with Crippen LogP contribution in [0.2, 0.25) is 0 Å². The van der Waals surface area contributed by atoms with Crippen molar-refractivity contribution in [3.63, 3.8) is 0 Å². The molecule has 0 bridgehead atoms. The number of carbonyl (C=O) groups is 1. The Hall–Kier alpha value is -2.87. The molecule has 0 aliphatic carbocycles. The minimum absolute atomic E-state index is 0.145. The van der Waals surface area contributed by atoms with Crippen LogP contribution in [0.3, 0.4) is 0 Å². The molecular weight excluding hydrogens is 369 g/mol. The van der Waals surface area contributed by atoms with Crippen molar-refractivity contribution in [2.24, 2.45) is 0 Å². The Bertz CT molecular complexity index is 882. The first kappa shape index (κ1) is 18.9. The van der Waals surface area contributed by atoms with Crippen molar-refractivity contribution in [1.29, 1.82) is 0 Å². The molecule has 0 atom stereocenters. The van der Waals surface area contributed by atoms with Gasteiger partial charge in [0.2, 0.25) is 11.8 Å². The fraction of sp³-hybridized carbons (Fsp3) is 0.211. The Balaban J connectivity index is 1.48. The summed E-state index contributed by atoms with van der Waals surface area (Å²) in [5.41, 5.74) is 1.60. The summed E-state index contributed by atoms with van der Waals surface area (Å²) in [4.78, 5) is 11.9. The number of benzene rings is 2. The third-order valence-electron chi connectivity index (χ3n) is 3.55. The van der Waals surface area contributed by atoms with Gasteiger partial charge in [0, 0.05) is 12.1 Å². The van der Waals surface area contributed by atoms with Crippen molar-refractivity contribution in [1.82, 2.24) is 15.5 Å². The molecule has 8 heteroatoms. The lowest BCUT2D eigenvalue weighted by Crippen LogP contribution is -2.24. The Labute approximate surface area is 160 Å². The number of halogens is 1. The number of nitrogens with zero attached hydrogens (tertiary/aromatic N) is 2. The van der Waals surface area contributed by atoms with Gasteiger partial charge in [-0.1, -0.05) is 23.9 Å². The Morgan fingerprint density at radius 1 is 1.15 bits per heavy atom. The molecule has 140 valence electrons. The largest absolute Gasteiger partial charge is 0.494 e. The number of hydrogen-bond acceptors (Lipinski definition) is 6. The summed E-state index contributed by atoms with van der Waals surface area (Å²) in [5.74, 6) is 0.817. The van der Waals surface area contributed by atoms with Crippen LogP contribution in [0.1, 0.15) is 12.5 Å². The normalized spacial score (nSPS) is 10.6. The average molecular weight is 387 g/mol. The standard InChI is InChI=1S/C19H18FN3O3S/c1-2-25-16-9-5-14(6-10-16)18-22-23-19(26-18)27-12-17(24)21-11-13-3-7-15(20)8-4-13/h3-10H,2,11-12H2,1H3,(H,21,24). The zero-order valence-electron chi connectivity index (χ0n) is 14.6. The maximum absolute atomic E-state index is 12.9. The number of nitrogens with one attached hydrogen (secondary N) is 1. The summed E-state index contributed by atoms with van der Waals surface area (Å²) in [7, 11) is 0. The Kier molecular flexibility index (Phi) is 6.43. The molecule has 6 nitrogen and oxygen atoms in total. The van der Waals surface area contributed by atoms with E-state index in [2.05, 4.69) is 15.5 Å². The lowest BCUT2D eigenvalue weighted by atomic mass is 10.2. The first-order valence-electron chi connectivity index (χ1n) is 8.34. The van der Waals surface area contributed by atoms with Gasteiger partial charge < -0.3 is 14.5 Å². The van der Waals surface area contributed by atoms with Crippen LogP contribution in [0.15, 0.2) is 58.2 Å². The monoisotopic (exact) mass is 387 g/mol. The third kappa shape index (κ3) is 5.55. The van der Waals surface area contributed by atoms with Crippen molar-refractivity contribution in [3.8, 4) is 17.2 Å². The first-order chi connectivity index (χ1) is 13.1. The van der Waals surface area contributed by atoms with Gasteiger partial charge in [-0.3, -0.25) is 4.79 Å². The van der Waals surface area contributed by atoms with Crippen molar-refractivity contribution in [3.05, 3.63) is 59.9 Å². The molecule has 0 aliphatic rings. The molecule has 1 amide bonds. The van der Waals surface area contributed by atoms with Gasteiger partial charge >= 0.3 is 0 Å². The highest BCUT2D eigenvalue weighted by Crippen LogP contribution is 2.24. The Morgan fingerprint density at radius 2 is 1.89 bits per heavy atom. The number of hydrogen-bond donors (Lipinski definition) is 1. The fourth-order valence-corrected chi connectivity index (χ4v) is 2.82. The van der Waals surface area contributed by atoms with E-state index in [1.807, 2.05) is 31.2 Å². The van der Waals surface area contributed by atoms with E-state index in [0.29, 0.717) is 24.3 Å². The smallest absolute Gasteiger partial charge is 0.277 e. The highest BCUT2D eigenvalue weighted by molar-refractivity contribution is 7.99. The summed E-state index contributed by atoms with van der Waals surface area (Å²) in [5, 5.41) is 11.0. The number of ether oxygens (including phenoxy) is 1. The van der Waals surface area contributed by atoms with Crippen LogP contribution in [0.5, 0.6) is 5.75 Å². The summed E-state index contributed by atoms with van der Waals surface area (Å²) in [6, 6.07) is 13.3. The second kappa shape index (κ2) is 9.18. The topological polar surface area (TPSA) is 77.2 Å². The number of aromatic nitrogens is 2. The van der Waals surface area contributed by atoms with Crippen molar-refractivity contribution in [2.75, 3.05) is 12.4 Å². The minimum Gasteiger partial charge on any atom is -0.494 e. The third-order valence-corrected chi connectivity index (χ3v) is 4.37. The maximum Gasteiger partial charge on any atom is 0.277 e. The highest BCUT2D eigenvalue weighted by Gasteiger charge is 2.11. The van der Waals surface area contributed by atoms with Crippen molar-refractivity contribution < 1.29 is 18.3 Å². The van der Waals surface area contributed by atoms with Gasteiger partial charge in [0.1, 0.15) is 11.6 Å². The van der Waals surface area contributed by atoms with Gasteiger partial charge in [0.05, 0.1) is 12.4 Å². The van der Waals surface area contributed by atoms with Gasteiger partial charge in [-0.2, -0.15) is 0 Å². The van der Waals surface area contributed by atoms with E-state index < -0.39 is 0 Å². The molecule has 0 saturated carbocycles. The van der Waals surface area contributed by atoms with Crippen molar-refractivity contribution in [2.45, 2.75) is 18.7 Å². The van der Waals surface area contributed by atoms with Crippen molar-refractivity contribution >= 4 is 17.7 Å². The van der Waals surface area contributed by atoms with Gasteiger partial charge in [-0.25, -0.2) is 4.39 Å². The zero-order valence-corrected chi connectivity index (χ0v) is 15.5. The second-order valence-corrected chi connectivity index (χ2v) is 6.45. The second-order valence-electron chi connectivity index (χ2n) is 5.52. The first-order valence-corrected chi connectivity index (χ1v) is 9.33. The molecular formula is C19H18FN3O3S. The number of rotatable bonds is 8. The summed E-state index contributed by atoms with van der Waals surface area (Å²) in [6.45, 7) is 2.86. The molecule has 0 unspecified atom stereocenters. The molecule has 0 aliphatic heterocycles. The molecule has 1 aromatic heterocycles. The van der Waals surface area contributed by atoms with E-state index in [9.17, 15) is 9.18 Å². The number of thioether (sulfide) groups is 1. The highest BCUT2D eigenvalue weighted by atomic mass is 32.2. The maximum atomic E-state index is 12.9. The van der Waals surface area contributed by atoms with Crippen LogP contribution in [0.4, 0.5) is 4.39 Å². The molecule has 1 N–H and O–H groups in total. The summed E-state index contributed by atoms with van der Waals surface area (Å²) in [6.07, 6.45) is 0. The van der Waals surface area contributed by atoms with Gasteiger partial charge in [0.25, 0.3) is 5.22 Å². The van der Waals surface area contributed by atoms with Gasteiger partial charge in [0.15, 0.2) is 0 Å². The van der Waals surface area contributed by atoms with Crippen LogP contribution in [0, 0.1) is 5.82 Å². The van der Waals surface area contributed by atoms with E-state index in [-0.39, 0.29) is 17.5 Å². The molecule has 0 fully saturated rings. The fourth-order valence-electron chi connectivity index (χ4n) is 2.23. The Morgan fingerprint density at radius 3 is 2.59 bits per heavy atom. The molecule has 0 spiro atoms. The molecule has 27 heavy (non-hydrogen) atoms. The average Bonchev–Trinajstić information content (AvgIpc) is 3.16. The molecule has 2 aromatic carbocycles. The van der Waals surface area contributed by atoms with Gasteiger partial charge in [-0.05, 0) is 48.9 Å². The molecule has 1 heterocycles. The SMILES string of the molecule is CCOc1ccc(-c2nnc(SCC(=O)NCc3ccc(F)cc3)o2)cc1. The van der Waals surface area contributed by atoms with E-state index >= 15 is 0 Å². The summed E-state index contributed by atoms with van der Waals surface area (Å²) < 4.78 is 23.8. The zero-order chi connectivity index (χ0) is 19.1. The molecule has 3 aromatic rings. The van der Waals surface area contributed by atoms with Crippen LogP contribution >= 0.6 is 11.8 Å². The predicted molar refractivity (Wildman–Crippen MR) is 99.9 cm³/mol. The molecule has 0 saturated heterocycles. The summed E-state index contributed by atoms with van der Waals surface area (Å²) >= 11 is 1.16. The number of carbonyl (C=O) groups excluding carboxylic acids is 1. The minimum atomic E-state index is -0.305. The van der Waals surface area contributed by atoms with Crippen LogP contribution < -0.4 is 10.1 Å². The van der Waals surface area contributed by atoms with Crippen LogP contribution in [-0.4, -0.2) is 28.5 Å². The lowest BCUT2D eigenvalue weighted by molar-refractivity contribution is -0.118. The van der Waals surface area contributed by atoms with Crippen LogP contribution in [0.25, 0.3) is 11.5 Å². The van der Waals surface area contributed by atoms with Crippen LogP contribution in [-0.2, 0) is 11.3 Å². The predicted octanol–water partition coefficient (Wildman–Crippen LogP) is 3.68. The molecule has 0 radical (unpaired) electrons. The van der Waals surface area contributed by atoms with E-state index in [1.165, 1.54) is 12.1 Å². The van der Waals surface area contributed by atoms with Gasteiger partial charge in [-0.15, -0.1) is 10.2 Å². The van der Waals surface area contributed by atoms with E-state index in [1.54, 1.807) is 12.1 Å². The molecule has 3 rings (SSSR count). The van der Waals surface area contributed by atoms with E-state index in [4.69, 9.17) is 9.15 Å². The number of amides is 1. The quantitative estimate of drug-likeness (QED) is 0.594. The lowest BCUT2D eigenvalue weighted by Gasteiger charge is -2.04. The van der Waals surface area contributed by atoms with E-state index in [0.717, 1.165) is 28.6 Å².